The number of aromatic nitrogens is 1. The highest BCUT2D eigenvalue weighted by molar-refractivity contribution is 7.25. The number of thiophene rings is 1. The van der Waals surface area contributed by atoms with E-state index in [1.165, 1.54) is 75.3 Å². The van der Waals surface area contributed by atoms with E-state index in [0.29, 0.717) is 0 Å². The van der Waals surface area contributed by atoms with E-state index in [4.69, 9.17) is 8.83 Å². The van der Waals surface area contributed by atoms with Crippen molar-refractivity contribution in [3.05, 3.63) is 163 Å². The van der Waals surface area contributed by atoms with Gasteiger partial charge >= 0.3 is 0 Å². The van der Waals surface area contributed by atoms with E-state index in [9.17, 15) is 0 Å². The molecule has 0 bridgehead atoms. The second-order valence-electron chi connectivity index (χ2n) is 19.9. The third-order valence-corrected chi connectivity index (χ3v) is 14.8. The number of hydrogen-bond acceptors (Lipinski definition) is 4. The Morgan fingerprint density at radius 2 is 1.28 bits per heavy atom. The molecule has 6 heteroatoms. The minimum atomic E-state index is 0.00361. The molecular formula is C58H45BN2O2S. The van der Waals surface area contributed by atoms with Crippen LogP contribution in [-0.4, -0.2) is 11.8 Å². The van der Waals surface area contributed by atoms with Crippen LogP contribution >= 0.6 is 11.3 Å². The summed E-state index contributed by atoms with van der Waals surface area (Å²) in [6, 6.07) is 55.9. The quantitative estimate of drug-likeness (QED) is 0.180. The Hall–Kier alpha value is -7.02. The van der Waals surface area contributed by atoms with Crippen LogP contribution in [0.2, 0.25) is 0 Å². The standard InChI is InChI=1S/C58H45BN2O2S/c1-57(2,3)34-16-19-36(20-17-34)60-46-30-52-43(37-21-18-35(58(4,5)6)26-51(37)63-52)27-41(46)39-22-23-40-42-28-44-38-14-10-11-15-53(38)64-54(44)31-47(42)61-48-24-33-25-49(32-12-8-7-9-13-32)62-50(33)29-45(48)59-55(39)56(40)61/h7-31,59-60H,1-6H3. The van der Waals surface area contributed by atoms with Crippen LogP contribution in [0.1, 0.15) is 52.7 Å². The number of anilines is 2. The third-order valence-electron chi connectivity index (χ3n) is 13.7. The summed E-state index contributed by atoms with van der Waals surface area (Å²) >= 11 is 1.88. The number of nitrogens with zero attached hydrogens (tertiary/aromatic N) is 1. The molecule has 0 saturated carbocycles. The summed E-state index contributed by atoms with van der Waals surface area (Å²) < 4.78 is 18.6. The van der Waals surface area contributed by atoms with Crippen molar-refractivity contribution in [3.8, 4) is 28.1 Å². The molecule has 0 saturated heterocycles. The van der Waals surface area contributed by atoms with E-state index in [1.54, 1.807) is 0 Å². The van der Waals surface area contributed by atoms with E-state index in [0.717, 1.165) is 68.4 Å². The highest BCUT2D eigenvalue weighted by Crippen LogP contribution is 2.45. The molecule has 1 aliphatic heterocycles. The minimum absolute atomic E-state index is 0.00361. The maximum absolute atomic E-state index is 6.75. The Morgan fingerprint density at radius 3 is 2.09 bits per heavy atom. The number of nitrogens with one attached hydrogen (secondary N) is 1. The maximum Gasteiger partial charge on any atom is 0.198 e. The van der Waals surface area contributed by atoms with Crippen molar-refractivity contribution in [1.82, 2.24) is 4.57 Å². The molecule has 0 radical (unpaired) electrons. The summed E-state index contributed by atoms with van der Waals surface area (Å²) in [4.78, 5) is 0. The lowest BCUT2D eigenvalue weighted by molar-refractivity contribution is 0.587. The molecule has 5 heterocycles. The zero-order valence-electron chi connectivity index (χ0n) is 36.8. The van der Waals surface area contributed by atoms with Crippen LogP contribution in [0.5, 0.6) is 0 Å². The number of fused-ring (bicyclic) bond motifs is 12. The van der Waals surface area contributed by atoms with Crippen LogP contribution in [0.3, 0.4) is 0 Å². The van der Waals surface area contributed by atoms with Gasteiger partial charge in [0.1, 0.15) is 22.5 Å². The van der Waals surface area contributed by atoms with Crippen LogP contribution in [0.15, 0.2) is 160 Å². The zero-order valence-corrected chi connectivity index (χ0v) is 37.6. The van der Waals surface area contributed by atoms with Crippen molar-refractivity contribution in [2.24, 2.45) is 0 Å². The van der Waals surface area contributed by atoms with Gasteiger partial charge in [-0.1, -0.05) is 132 Å². The number of hydrogen-bond donors (Lipinski definition) is 1. The highest BCUT2D eigenvalue weighted by Gasteiger charge is 2.29. The summed E-state index contributed by atoms with van der Waals surface area (Å²) in [6.45, 7) is 13.6. The molecule has 4 nitrogen and oxygen atoms in total. The molecule has 8 aromatic carbocycles. The van der Waals surface area contributed by atoms with Crippen molar-refractivity contribution in [2.45, 2.75) is 52.4 Å². The molecule has 308 valence electrons. The van der Waals surface area contributed by atoms with Crippen molar-refractivity contribution in [1.29, 1.82) is 0 Å². The highest BCUT2D eigenvalue weighted by atomic mass is 32.1. The van der Waals surface area contributed by atoms with E-state index in [-0.39, 0.29) is 10.8 Å². The number of rotatable bonds is 4. The largest absolute Gasteiger partial charge is 0.456 e. The fraction of sp³-hybridized carbons (Fsp3) is 0.138. The topological polar surface area (TPSA) is 43.2 Å². The van der Waals surface area contributed by atoms with Crippen molar-refractivity contribution in [2.75, 3.05) is 5.32 Å². The molecule has 0 unspecified atom stereocenters. The van der Waals surface area contributed by atoms with E-state index in [2.05, 4.69) is 203 Å². The molecular weight excluding hydrogens is 800 g/mol. The Bertz CT molecular complexity index is 3910. The summed E-state index contributed by atoms with van der Waals surface area (Å²) in [6.07, 6.45) is 0. The van der Waals surface area contributed by atoms with Gasteiger partial charge in [0.2, 0.25) is 0 Å². The fourth-order valence-corrected chi connectivity index (χ4v) is 11.4. The average Bonchev–Trinajstić information content (AvgIpc) is 4.05. The second kappa shape index (κ2) is 13.3. The molecule has 0 fully saturated rings. The minimum Gasteiger partial charge on any atom is -0.456 e. The Kier molecular flexibility index (Phi) is 7.78. The molecule has 64 heavy (non-hydrogen) atoms. The maximum atomic E-state index is 6.75. The van der Waals surface area contributed by atoms with E-state index >= 15 is 0 Å². The third kappa shape index (κ3) is 5.68. The summed E-state index contributed by atoms with van der Waals surface area (Å²) in [5, 5.41) is 12.4. The SMILES string of the molecule is CC(C)(C)c1ccc(Nc2cc3oc4cc(C(C)(C)C)ccc4c3cc2-c2ccc3c4cc5c(cc4n4c3c2Bc2cc3oc(-c6ccccc6)cc3cc2-4)sc2ccccc25)cc1. The van der Waals surface area contributed by atoms with Gasteiger partial charge in [-0.2, -0.15) is 0 Å². The van der Waals surface area contributed by atoms with Gasteiger partial charge in [-0.3, -0.25) is 0 Å². The molecule has 12 aromatic rings. The van der Waals surface area contributed by atoms with E-state index in [1.807, 2.05) is 11.3 Å². The molecule has 0 spiro atoms. The molecule has 4 aromatic heterocycles. The predicted molar refractivity (Wildman–Crippen MR) is 275 cm³/mol. The van der Waals surface area contributed by atoms with Gasteiger partial charge in [0.05, 0.1) is 11.2 Å². The van der Waals surface area contributed by atoms with E-state index < -0.39 is 0 Å². The monoisotopic (exact) mass is 844 g/mol. The van der Waals surface area contributed by atoms with Gasteiger partial charge in [-0.15, -0.1) is 11.3 Å². The first kappa shape index (κ1) is 37.5. The van der Waals surface area contributed by atoms with Crippen molar-refractivity contribution >= 4 is 116 Å². The molecule has 1 aliphatic rings. The normalized spacial score (nSPS) is 13.0. The lowest BCUT2D eigenvalue weighted by atomic mass is 9.59. The lowest BCUT2D eigenvalue weighted by Gasteiger charge is -2.24. The van der Waals surface area contributed by atoms with Gasteiger partial charge in [-0.05, 0) is 93.6 Å². The van der Waals surface area contributed by atoms with Crippen LogP contribution in [0.25, 0.3) is 103 Å². The zero-order chi connectivity index (χ0) is 43.2. The van der Waals surface area contributed by atoms with Crippen LogP contribution in [-0.2, 0) is 10.8 Å². The molecule has 0 amide bonds. The second-order valence-corrected chi connectivity index (χ2v) is 21.0. The summed E-state index contributed by atoms with van der Waals surface area (Å²) in [5.74, 6) is 0.882. The van der Waals surface area contributed by atoms with Gasteiger partial charge in [-0.25, -0.2) is 0 Å². The number of benzene rings is 8. The van der Waals surface area contributed by atoms with Gasteiger partial charge in [0.25, 0.3) is 0 Å². The Labute approximate surface area is 376 Å². The first-order chi connectivity index (χ1) is 30.9. The average molecular weight is 845 g/mol. The van der Waals surface area contributed by atoms with Crippen LogP contribution in [0, 0.1) is 0 Å². The summed E-state index contributed by atoms with van der Waals surface area (Å²) in [7, 11) is 0.756. The summed E-state index contributed by atoms with van der Waals surface area (Å²) in [5.41, 5.74) is 17.0. The van der Waals surface area contributed by atoms with Crippen molar-refractivity contribution in [3.63, 3.8) is 0 Å². The fourth-order valence-electron chi connectivity index (χ4n) is 10.3. The van der Waals surface area contributed by atoms with Gasteiger partial charge < -0.3 is 18.7 Å². The Morgan fingerprint density at radius 1 is 0.531 bits per heavy atom. The van der Waals surface area contributed by atoms with Crippen molar-refractivity contribution < 1.29 is 8.83 Å². The van der Waals surface area contributed by atoms with Crippen LogP contribution in [0.4, 0.5) is 11.4 Å². The van der Waals surface area contributed by atoms with Gasteiger partial charge in [0.15, 0.2) is 7.28 Å². The molecule has 13 rings (SSSR count). The smallest absolute Gasteiger partial charge is 0.198 e. The Balaban J connectivity index is 1.08. The molecule has 1 N–H and O–H groups in total. The first-order valence-electron chi connectivity index (χ1n) is 22.4. The van der Waals surface area contributed by atoms with Crippen LogP contribution < -0.4 is 16.2 Å². The van der Waals surface area contributed by atoms with Gasteiger partial charge in [0, 0.05) is 81.2 Å². The number of furan rings is 2. The lowest BCUT2D eigenvalue weighted by Crippen LogP contribution is -2.37. The molecule has 0 atom stereocenters. The first-order valence-corrected chi connectivity index (χ1v) is 23.2. The predicted octanol–water partition coefficient (Wildman–Crippen LogP) is 15.2. The molecule has 0 aliphatic carbocycles.